The molecule has 0 saturated heterocycles. The number of carbonyl (C=O) groups excluding carboxylic acids is 1. The van der Waals surface area contributed by atoms with Gasteiger partial charge in [-0.2, -0.15) is 0 Å². The van der Waals surface area contributed by atoms with Crippen molar-refractivity contribution in [2.45, 2.75) is 45.5 Å². The fourth-order valence-corrected chi connectivity index (χ4v) is 1.88. The highest BCUT2D eigenvalue weighted by atomic mass is 19.3. The molecular weight excluding hydrogens is 174 g/mol. The number of hydrogen-bond donors (Lipinski definition) is 0. The van der Waals surface area contributed by atoms with Gasteiger partial charge in [0, 0.05) is 18.3 Å². The molecule has 0 amide bonds. The predicted octanol–water partition coefficient (Wildman–Crippen LogP) is 3.04. The van der Waals surface area contributed by atoms with Crippen molar-refractivity contribution in [2.75, 3.05) is 0 Å². The highest BCUT2D eigenvalue weighted by Crippen LogP contribution is 2.43. The second-order valence-corrected chi connectivity index (χ2v) is 4.10. The molecule has 1 rings (SSSR count). The Morgan fingerprint density at radius 3 is 2.62 bits per heavy atom. The summed E-state index contributed by atoms with van der Waals surface area (Å²) in [6.07, 6.45) is 1.53. The minimum absolute atomic E-state index is 0.00227. The lowest BCUT2D eigenvalue weighted by Crippen LogP contribution is -2.25. The van der Waals surface area contributed by atoms with Crippen LogP contribution in [0.15, 0.2) is 0 Å². The molecule has 1 nitrogen and oxygen atoms in total. The lowest BCUT2D eigenvalue weighted by Gasteiger charge is -2.21. The van der Waals surface area contributed by atoms with Crippen LogP contribution >= 0.6 is 0 Å². The largest absolute Gasteiger partial charge is 0.300 e. The monoisotopic (exact) mass is 190 g/mol. The molecule has 3 heteroatoms. The van der Waals surface area contributed by atoms with Crippen molar-refractivity contribution >= 4 is 5.78 Å². The fraction of sp³-hybridized carbons (Fsp3) is 0.900. The Bertz CT molecular complexity index is 201. The summed E-state index contributed by atoms with van der Waals surface area (Å²) in [4.78, 5) is 10.9. The molecule has 0 aliphatic heterocycles. The quantitative estimate of drug-likeness (QED) is 0.668. The van der Waals surface area contributed by atoms with Crippen molar-refractivity contribution in [2.24, 2.45) is 11.8 Å². The van der Waals surface area contributed by atoms with Gasteiger partial charge in [-0.1, -0.05) is 6.92 Å². The van der Waals surface area contributed by atoms with Gasteiger partial charge in [0.25, 0.3) is 5.92 Å². The van der Waals surface area contributed by atoms with Gasteiger partial charge < -0.3 is 0 Å². The van der Waals surface area contributed by atoms with Crippen LogP contribution < -0.4 is 0 Å². The number of alkyl halides is 2. The molecule has 0 aromatic carbocycles. The van der Waals surface area contributed by atoms with Gasteiger partial charge in [-0.15, -0.1) is 0 Å². The van der Waals surface area contributed by atoms with Crippen molar-refractivity contribution in [1.29, 1.82) is 0 Å². The first-order valence-electron chi connectivity index (χ1n) is 4.82. The Morgan fingerprint density at radius 1 is 1.62 bits per heavy atom. The summed E-state index contributed by atoms with van der Waals surface area (Å²) in [5.74, 6) is -3.29. The molecule has 76 valence electrons. The summed E-state index contributed by atoms with van der Waals surface area (Å²) in [7, 11) is 0. The van der Waals surface area contributed by atoms with Crippen LogP contribution in [0.2, 0.25) is 0 Å². The first-order valence-corrected chi connectivity index (χ1v) is 4.82. The van der Waals surface area contributed by atoms with Crippen LogP contribution in [0.25, 0.3) is 0 Å². The van der Waals surface area contributed by atoms with Crippen LogP contribution in [0.3, 0.4) is 0 Å². The van der Waals surface area contributed by atoms with E-state index in [4.69, 9.17) is 0 Å². The summed E-state index contributed by atoms with van der Waals surface area (Å²) in [6.45, 7) is 3.20. The van der Waals surface area contributed by atoms with Gasteiger partial charge in [0.05, 0.1) is 0 Å². The Kier molecular flexibility index (Phi) is 3.04. The Balaban J connectivity index is 2.49. The van der Waals surface area contributed by atoms with E-state index >= 15 is 0 Å². The van der Waals surface area contributed by atoms with E-state index in [-0.39, 0.29) is 18.1 Å². The highest BCUT2D eigenvalue weighted by Gasteiger charge is 2.44. The van der Waals surface area contributed by atoms with E-state index in [0.29, 0.717) is 19.3 Å². The predicted molar refractivity (Wildman–Crippen MR) is 46.8 cm³/mol. The third-order valence-corrected chi connectivity index (χ3v) is 2.99. The SMILES string of the molecule is CC(=O)C(C)CC1CCCC1(F)F. The number of ketones is 1. The third-order valence-electron chi connectivity index (χ3n) is 2.99. The molecule has 2 atom stereocenters. The lowest BCUT2D eigenvalue weighted by atomic mass is 9.90. The standard InChI is InChI=1S/C10H16F2O/c1-7(8(2)13)6-9-4-3-5-10(9,11)12/h7,9H,3-6H2,1-2H3. The maximum Gasteiger partial charge on any atom is 0.250 e. The first kappa shape index (κ1) is 10.6. The number of halogens is 2. The van der Waals surface area contributed by atoms with E-state index < -0.39 is 11.8 Å². The molecule has 0 heterocycles. The van der Waals surface area contributed by atoms with Gasteiger partial charge in [-0.25, -0.2) is 8.78 Å². The first-order chi connectivity index (χ1) is 5.93. The molecule has 0 aromatic rings. The summed E-state index contributed by atoms with van der Waals surface area (Å²) in [5, 5.41) is 0. The van der Waals surface area contributed by atoms with E-state index in [1.165, 1.54) is 6.92 Å². The molecule has 1 fully saturated rings. The summed E-state index contributed by atoms with van der Waals surface area (Å²) in [5.41, 5.74) is 0. The smallest absolute Gasteiger partial charge is 0.250 e. The molecule has 1 saturated carbocycles. The van der Waals surface area contributed by atoms with Crippen LogP contribution in [0.5, 0.6) is 0 Å². The maximum absolute atomic E-state index is 13.1. The maximum atomic E-state index is 13.1. The lowest BCUT2D eigenvalue weighted by molar-refractivity contribution is -0.121. The van der Waals surface area contributed by atoms with Gasteiger partial charge in [0.15, 0.2) is 0 Å². The minimum atomic E-state index is -2.52. The number of carbonyl (C=O) groups is 1. The van der Waals surface area contributed by atoms with E-state index in [1.54, 1.807) is 6.92 Å². The molecular formula is C10H16F2O. The number of Topliss-reactive ketones (excluding diaryl/α,β-unsaturated/α-hetero) is 1. The topological polar surface area (TPSA) is 17.1 Å². The zero-order chi connectivity index (χ0) is 10.1. The zero-order valence-electron chi connectivity index (χ0n) is 8.15. The fourth-order valence-electron chi connectivity index (χ4n) is 1.88. The average Bonchev–Trinajstić information content (AvgIpc) is 2.30. The normalized spacial score (nSPS) is 28.8. The van der Waals surface area contributed by atoms with Crippen molar-refractivity contribution in [1.82, 2.24) is 0 Å². The summed E-state index contributed by atoms with van der Waals surface area (Å²) < 4.78 is 26.2. The van der Waals surface area contributed by atoms with Crippen molar-refractivity contribution < 1.29 is 13.6 Å². The van der Waals surface area contributed by atoms with Crippen molar-refractivity contribution in [3.63, 3.8) is 0 Å². The molecule has 0 spiro atoms. The second-order valence-electron chi connectivity index (χ2n) is 4.10. The molecule has 0 bridgehead atoms. The van der Waals surface area contributed by atoms with Crippen molar-refractivity contribution in [3.8, 4) is 0 Å². The van der Waals surface area contributed by atoms with Crippen LogP contribution in [0.1, 0.15) is 39.5 Å². The Hall–Kier alpha value is -0.470. The van der Waals surface area contributed by atoms with Gasteiger partial charge >= 0.3 is 0 Å². The molecule has 0 N–H and O–H groups in total. The third kappa shape index (κ3) is 2.48. The van der Waals surface area contributed by atoms with E-state index in [2.05, 4.69) is 0 Å². The van der Waals surface area contributed by atoms with Gasteiger partial charge in [0.2, 0.25) is 0 Å². The van der Waals surface area contributed by atoms with E-state index in [1.807, 2.05) is 0 Å². The minimum Gasteiger partial charge on any atom is -0.300 e. The molecule has 13 heavy (non-hydrogen) atoms. The van der Waals surface area contributed by atoms with Crippen LogP contribution in [-0.2, 0) is 4.79 Å². The Morgan fingerprint density at radius 2 is 2.23 bits per heavy atom. The molecule has 1 aliphatic carbocycles. The van der Waals surface area contributed by atoms with Gasteiger partial charge in [-0.05, 0) is 26.2 Å². The highest BCUT2D eigenvalue weighted by molar-refractivity contribution is 5.77. The van der Waals surface area contributed by atoms with Crippen LogP contribution in [-0.4, -0.2) is 11.7 Å². The molecule has 1 aliphatic rings. The van der Waals surface area contributed by atoms with E-state index in [9.17, 15) is 13.6 Å². The Labute approximate surface area is 77.5 Å². The zero-order valence-corrected chi connectivity index (χ0v) is 8.15. The van der Waals surface area contributed by atoms with E-state index in [0.717, 1.165) is 0 Å². The number of rotatable bonds is 3. The van der Waals surface area contributed by atoms with Crippen LogP contribution in [0, 0.1) is 11.8 Å². The summed E-state index contributed by atoms with van der Waals surface area (Å²) >= 11 is 0. The second kappa shape index (κ2) is 3.72. The molecule has 2 unspecified atom stereocenters. The molecule has 0 aromatic heterocycles. The van der Waals surface area contributed by atoms with Gasteiger partial charge in [-0.3, -0.25) is 4.79 Å². The van der Waals surface area contributed by atoms with Crippen LogP contribution in [0.4, 0.5) is 8.78 Å². The number of hydrogen-bond acceptors (Lipinski definition) is 1. The summed E-state index contributed by atoms with van der Waals surface area (Å²) in [6, 6.07) is 0. The van der Waals surface area contributed by atoms with Gasteiger partial charge in [0.1, 0.15) is 5.78 Å². The average molecular weight is 190 g/mol. The van der Waals surface area contributed by atoms with Crippen molar-refractivity contribution in [3.05, 3.63) is 0 Å². The molecule has 0 radical (unpaired) electrons.